The lowest BCUT2D eigenvalue weighted by molar-refractivity contribution is 0.410. The molecule has 0 unspecified atom stereocenters. The maximum Gasteiger partial charge on any atom is 0.176 e. The summed E-state index contributed by atoms with van der Waals surface area (Å²) in [4.78, 5) is 0. The van der Waals surface area contributed by atoms with Gasteiger partial charge in [-0.2, -0.15) is 5.26 Å². The smallest absolute Gasteiger partial charge is 0.176 e. The van der Waals surface area contributed by atoms with Crippen LogP contribution in [0.3, 0.4) is 0 Å². The van der Waals surface area contributed by atoms with Crippen molar-refractivity contribution in [3.63, 3.8) is 0 Å². The van der Waals surface area contributed by atoms with Crippen molar-refractivity contribution in [3.05, 3.63) is 41.7 Å². The summed E-state index contributed by atoms with van der Waals surface area (Å²) < 4.78 is 13.3. The lowest BCUT2D eigenvalue weighted by atomic mass is 10.2. The zero-order valence-electron chi connectivity index (χ0n) is 14.0. The van der Waals surface area contributed by atoms with E-state index in [1.54, 1.807) is 13.2 Å². The normalized spacial score (nSPS) is 14.8. The molecular weight excluding hydrogens is 316 g/mol. The molecule has 1 aliphatic rings. The number of allylic oxidation sites excluding steroid dienone is 1. The van der Waals surface area contributed by atoms with E-state index in [2.05, 4.69) is 20.8 Å². The Morgan fingerprint density at radius 2 is 2.24 bits per heavy atom. The second-order valence-corrected chi connectivity index (χ2v) is 6.10. The van der Waals surface area contributed by atoms with E-state index in [4.69, 9.17) is 9.15 Å². The van der Waals surface area contributed by atoms with E-state index in [0.717, 1.165) is 37.0 Å². The van der Waals surface area contributed by atoms with Crippen LogP contribution >= 0.6 is 0 Å². The van der Waals surface area contributed by atoms with Crippen LogP contribution in [0, 0.1) is 11.3 Å². The van der Waals surface area contributed by atoms with E-state index >= 15 is 0 Å². The van der Waals surface area contributed by atoms with Gasteiger partial charge < -0.3 is 13.7 Å². The van der Waals surface area contributed by atoms with Crippen molar-refractivity contribution in [1.82, 2.24) is 14.8 Å². The molecule has 3 heterocycles. The number of ether oxygens (including phenoxy) is 1. The topological polar surface area (TPSA) is 76.9 Å². The minimum Gasteiger partial charge on any atom is -0.493 e. The van der Waals surface area contributed by atoms with Crippen molar-refractivity contribution in [1.29, 1.82) is 5.26 Å². The van der Waals surface area contributed by atoms with Crippen LogP contribution in [0.15, 0.2) is 28.7 Å². The van der Waals surface area contributed by atoms with Gasteiger partial charge in [0, 0.05) is 24.4 Å². The van der Waals surface area contributed by atoms with Crippen LogP contribution < -0.4 is 4.74 Å². The predicted octanol–water partition coefficient (Wildman–Crippen LogP) is 3.82. The molecule has 0 atom stereocenters. The number of aromatic nitrogens is 3. The highest BCUT2D eigenvalue weighted by Gasteiger charge is 2.18. The summed E-state index contributed by atoms with van der Waals surface area (Å²) >= 11 is 0. The molecule has 6 heteroatoms. The molecule has 4 rings (SSSR count). The lowest BCUT2D eigenvalue weighted by Crippen LogP contribution is -2.05. The van der Waals surface area contributed by atoms with Crippen LogP contribution in [-0.4, -0.2) is 21.9 Å². The fourth-order valence-corrected chi connectivity index (χ4v) is 3.26. The summed E-state index contributed by atoms with van der Waals surface area (Å²) in [5.74, 6) is 2.85. The number of aryl methyl sites for hydroxylation is 1. The molecule has 0 fully saturated rings. The number of rotatable bonds is 3. The molecule has 6 nitrogen and oxygen atoms in total. The molecule has 1 aliphatic heterocycles. The molecule has 0 radical (unpaired) electrons. The van der Waals surface area contributed by atoms with Gasteiger partial charge >= 0.3 is 0 Å². The first-order valence-corrected chi connectivity index (χ1v) is 8.41. The largest absolute Gasteiger partial charge is 0.493 e. The second-order valence-electron chi connectivity index (χ2n) is 6.10. The van der Waals surface area contributed by atoms with Crippen LogP contribution in [0.1, 0.15) is 36.7 Å². The molecule has 0 saturated heterocycles. The van der Waals surface area contributed by atoms with E-state index < -0.39 is 0 Å². The van der Waals surface area contributed by atoms with E-state index in [9.17, 15) is 5.26 Å². The van der Waals surface area contributed by atoms with Crippen molar-refractivity contribution in [2.75, 3.05) is 7.11 Å². The maximum absolute atomic E-state index is 9.64. The molecule has 3 aromatic rings. The summed E-state index contributed by atoms with van der Waals surface area (Å²) in [5.41, 5.74) is 1.13. The Balaban J connectivity index is 1.77. The van der Waals surface area contributed by atoms with Gasteiger partial charge in [-0.15, -0.1) is 10.2 Å². The van der Waals surface area contributed by atoms with Gasteiger partial charge in [-0.05, 0) is 25.0 Å². The van der Waals surface area contributed by atoms with Crippen molar-refractivity contribution in [2.45, 2.75) is 32.2 Å². The van der Waals surface area contributed by atoms with Crippen LogP contribution in [0.4, 0.5) is 0 Å². The first-order chi connectivity index (χ1) is 12.3. The van der Waals surface area contributed by atoms with Gasteiger partial charge in [-0.25, -0.2) is 0 Å². The molecule has 1 aromatic carbocycles. The van der Waals surface area contributed by atoms with E-state index in [-0.39, 0.29) is 0 Å². The van der Waals surface area contributed by atoms with Crippen LogP contribution in [-0.2, 0) is 13.0 Å². The highest BCUT2D eigenvalue weighted by atomic mass is 16.5. The minimum atomic E-state index is 0.457. The number of hydrogen-bond donors (Lipinski definition) is 0. The van der Waals surface area contributed by atoms with E-state index in [1.165, 1.54) is 6.42 Å². The third-order valence-electron chi connectivity index (χ3n) is 4.50. The third kappa shape index (κ3) is 2.78. The predicted molar refractivity (Wildman–Crippen MR) is 93.8 cm³/mol. The van der Waals surface area contributed by atoms with Crippen molar-refractivity contribution >= 4 is 22.6 Å². The minimum absolute atomic E-state index is 0.457. The van der Waals surface area contributed by atoms with E-state index in [1.807, 2.05) is 24.3 Å². The van der Waals surface area contributed by atoms with Gasteiger partial charge in [0.2, 0.25) is 0 Å². The summed E-state index contributed by atoms with van der Waals surface area (Å²) in [7, 11) is 1.61. The van der Waals surface area contributed by atoms with Crippen LogP contribution in [0.2, 0.25) is 0 Å². The van der Waals surface area contributed by atoms with Crippen molar-refractivity contribution in [2.24, 2.45) is 0 Å². The maximum atomic E-state index is 9.64. The molecule has 0 amide bonds. The fraction of sp³-hybridized carbons (Fsp3) is 0.316. The van der Waals surface area contributed by atoms with Gasteiger partial charge in [0.1, 0.15) is 23.2 Å². The third-order valence-corrected chi connectivity index (χ3v) is 4.50. The van der Waals surface area contributed by atoms with Gasteiger partial charge in [0.05, 0.1) is 7.11 Å². The van der Waals surface area contributed by atoms with Gasteiger partial charge in [0.15, 0.2) is 17.2 Å². The molecule has 25 heavy (non-hydrogen) atoms. The number of benzene rings is 1. The summed E-state index contributed by atoms with van der Waals surface area (Å²) in [6, 6.07) is 9.85. The highest BCUT2D eigenvalue weighted by Crippen LogP contribution is 2.30. The fourth-order valence-electron chi connectivity index (χ4n) is 3.26. The molecule has 0 bridgehead atoms. The Morgan fingerprint density at radius 3 is 3.08 bits per heavy atom. The standard InChI is InChI=1S/C19H18N4O2/c1-24-16-7-5-6-13-10-15(25-18(13)16)11-14(12-20)19-22-21-17-8-3-2-4-9-23(17)19/h5-7,10-11H,2-4,8-9H2,1H3. The Labute approximate surface area is 145 Å². The molecule has 2 aromatic heterocycles. The SMILES string of the molecule is COc1cccc2cc(C=C(C#N)c3nnc4n3CCCCC4)oc12. The number of nitrogens with zero attached hydrogens (tertiary/aromatic N) is 4. The second kappa shape index (κ2) is 6.44. The zero-order chi connectivity index (χ0) is 17.2. The Morgan fingerprint density at radius 1 is 1.32 bits per heavy atom. The first kappa shape index (κ1) is 15.5. The van der Waals surface area contributed by atoms with Crippen molar-refractivity contribution in [3.8, 4) is 11.8 Å². The molecule has 126 valence electrons. The molecule has 0 N–H and O–H groups in total. The summed E-state index contributed by atoms with van der Waals surface area (Å²) in [6.45, 7) is 0.852. The number of para-hydroxylation sites is 1. The average Bonchev–Trinajstić information content (AvgIpc) is 3.15. The monoisotopic (exact) mass is 334 g/mol. The molecule has 0 saturated carbocycles. The van der Waals surface area contributed by atoms with Crippen molar-refractivity contribution < 1.29 is 9.15 Å². The Bertz CT molecular complexity index is 991. The van der Waals surface area contributed by atoms with Crippen LogP contribution in [0.25, 0.3) is 22.6 Å². The van der Waals surface area contributed by atoms with Gasteiger partial charge in [0.25, 0.3) is 0 Å². The molecule has 0 spiro atoms. The number of nitriles is 1. The number of fused-ring (bicyclic) bond motifs is 2. The summed E-state index contributed by atoms with van der Waals surface area (Å²) in [6.07, 6.45) is 6.01. The molecule has 0 aliphatic carbocycles. The number of methoxy groups -OCH3 is 1. The lowest BCUT2D eigenvalue weighted by Gasteiger charge is -2.05. The molecular formula is C19H18N4O2. The Hall–Kier alpha value is -3.07. The number of furan rings is 1. The van der Waals surface area contributed by atoms with Crippen LogP contribution in [0.5, 0.6) is 5.75 Å². The highest BCUT2D eigenvalue weighted by molar-refractivity contribution is 5.90. The quantitative estimate of drug-likeness (QED) is 0.680. The average molecular weight is 334 g/mol. The number of hydrogen-bond acceptors (Lipinski definition) is 5. The van der Waals surface area contributed by atoms with Gasteiger partial charge in [-0.1, -0.05) is 18.6 Å². The first-order valence-electron chi connectivity index (χ1n) is 8.41. The van der Waals surface area contributed by atoms with Gasteiger partial charge in [-0.3, -0.25) is 0 Å². The Kier molecular flexibility index (Phi) is 3.98. The van der Waals surface area contributed by atoms with E-state index in [0.29, 0.717) is 28.5 Å². The zero-order valence-corrected chi connectivity index (χ0v) is 14.0. The summed E-state index contributed by atoms with van der Waals surface area (Å²) in [5, 5.41) is 19.1.